The first-order valence-corrected chi connectivity index (χ1v) is 7.89. The Kier molecular flexibility index (Phi) is 6.47. The molecule has 25 heavy (non-hydrogen) atoms. The van der Waals surface area contributed by atoms with Gasteiger partial charge in [0.2, 0.25) is 5.91 Å². The molecule has 0 aliphatic rings. The van der Waals surface area contributed by atoms with E-state index in [1.54, 1.807) is 49.2 Å². The van der Waals surface area contributed by atoms with Crippen molar-refractivity contribution in [2.75, 3.05) is 31.0 Å². The van der Waals surface area contributed by atoms with E-state index in [0.29, 0.717) is 23.7 Å². The zero-order valence-electron chi connectivity index (χ0n) is 14.4. The number of anilines is 2. The topological polar surface area (TPSA) is 76.5 Å². The number of nitrogens with one attached hydrogen (secondary N) is 1. The van der Waals surface area contributed by atoms with Crippen molar-refractivity contribution in [3.63, 3.8) is 0 Å². The van der Waals surface area contributed by atoms with Crippen LogP contribution in [-0.2, 0) is 16.1 Å². The highest BCUT2D eigenvalue weighted by Gasteiger charge is 2.11. The number of carbonyl (C=O) groups excluding carboxylic acids is 2. The van der Waals surface area contributed by atoms with E-state index >= 15 is 0 Å². The summed E-state index contributed by atoms with van der Waals surface area (Å²) in [6.45, 7) is 4.84. The molecule has 2 rings (SSSR count). The molecule has 132 valence electrons. The molecule has 0 saturated heterocycles. The summed E-state index contributed by atoms with van der Waals surface area (Å²) in [7, 11) is 3.31. The van der Waals surface area contributed by atoms with Crippen LogP contribution >= 0.6 is 0 Å². The van der Waals surface area contributed by atoms with Crippen molar-refractivity contribution in [3.05, 3.63) is 54.7 Å². The maximum atomic E-state index is 12.3. The van der Waals surface area contributed by atoms with Crippen molar-refractivity contribution in [1.29, 1.82) is 0 Å². The third-order valence-electron chi connectivity index (χ3n) is 3.64. The number of rotatable bonds is 8. The Balaban J connectivity index is 1.97. The van der Waals surface area contributed by atoms with Crippen molar-refractivity contribution in [2.24, 2.45) is 0 Å². The Hall–Kier alpha value is -2.93. The lowest BCUT2D eigenvalue weighted by Crippen LogP contribution is -2.23. The number of hydrogen-bond acceptors (Lipinski definition) is 4. The van der Waals surface area contributed by atoms with Crippen molar-refractivity contribution in [3.8, 4) is 0 Å². The summed E-state index contributed by atoms with van der Waals surface area (Å²) in [5, 5.41) is 7.05. The molecule has 0 aliphatic heterocycles. The van der Waals surface area contributed by atoms with Crippen LogP contribution in [0.3, 0.4) is 0 Å². The molecule has 0 bridgehead atoms. The maximum absolute atomic E-state index is 12.3. The van der Waals surface area contributed by atoms with Crippen molar-refractivity contribution in [1.82, 2.24) is 9.78 Å². The molecule has 0 atom stereocenters. The molecule has 2 amide bonds. The number of methoxy groups -OCH3 is 1. The van der Waals surface area contributed by atoms with Gasteiger partial charge in [-0.15, -0.1) is 0 Å². The number of carbonyl (C=O) groups is 2. The van der Waals surface area contributed by atoms with Crippen LogP contribution in [0.1, 0.15) is 16.8 Å². The molecule has 0 unspecified atom stereocenters. The average molecular weight is 342 g/mol. The Morgan fingerprint density at radius 2 is 2.04 bits per heavy atom. The minimum Gasteiger partial charge on any atom is -0.385 e. The van der Waals surface area contributed by atoms with Gasteiger partial charge in [0.25, 0.3) is 5.91 Å². The molecule has 2 aromatic rings. The Bertz CT molecular complexity index is 737. The first kappa shape index (κ1) is 18.4. The first-order chi connectivity index (χ1) is 12.0. The van der Waals surface area contributed by atoms with Gasteiger partial charge < -0.3 is 15.0 Å². The normalized spacial score (nSPS) is 10.3. The molecule has 0 aliphatic carbocycles. The summed E-state index contributed by atoms with van der Waals surface area (Å²) in [6.07, 6.45) is 3.90. The summed E-state index contributed by atoms with van der Waals surface area (Å²) in [4.78, 5) is 25.3. The summed E-state index contributed by atoms with van der Waals surface area (Å²) in [5.41, 5.74) is 1.17. The van der Waals surface area contributed by atoms with E-state index in [9.17, 15) is 9.59 Å². The highest BCUT2D eigenvalue weighted by atomic mass is 16.5. The quantitative estimate of drug-likeness (QED) is 0.590. The molecule has 7 heteroatoms. The lowest BCUT2D eigenvalue weighted by molar-refractivity contribution is -0.113. The number of amides is 2. The van der Waals surface area contributed by atoms with Crippen molar-refractivity contribution in [2.45, 2.75) is 13.0 Å². The Morgan fingerprint density at radius 3 is 2.68 bits per heavy atom. The largest absolute Gasteiger partial charge is 0.385 e. The maximum Gasteiger partial charge on any atom is 0.256 e. The van der Waals surface area contributed by atoms with Gasteiger partial charge in [0.05, 0.1) is 0 Å². The monoisotopic (exact) mass is 342 g/mol. The number of aryl methyl sites for hydroxylation is 1. The predicted octanol–water partition coefficient (Wildman–Crippen LogP) is 2.32. The molecule has 0 fully saturated rings. The summed E-state index contributed by atoms with van der Waals surface area (Å²) in [6, 6.07) is 8.48. The van der Waals surface area contributed by atoms with Crippen LogP contribution < -0.4 is 10.2 Å². The third-order valence-corrected chi connectivity index (χ3v) is 3.64. The number of benzene rings is 1. The van der Waals surface area contributed by atoms with Crippen LogP contribution in [0.5, 0.6) is 0 Å². The summed E-state index contributed by atoms with van der Waals surface area (Å²) >= 11 is 0. The Morgan fingerprint density at radius 1 is 1.32 bits per heavy atom. The summed E-state index contributed by atoms with van der Waals surface area (Å²) in [5.74, 6) is 0.0213. The fourth-order valence-corrected chi connectivity index (χ4v) is 2.21. The molecular weight excluding hydrogens is 320 g/mol. The third kappa shape index (κ3) is 5.02. The van der Waals surface area contributed by atoms with Crippen LogP contribution in [0.2, 0.25) is 0 Å². The Labute approximate surface area is 146 Å². The van der Waals surface area contributed by atoms with Gasteiger partial charge in [0.1, 0.15) is 0 Å². The molecule has 0 spiro atoms. The van der Waals surface area contributed by atoms with Crippen LogP contribution in [0.25, 0.3) is 0 Å². The molecule has 7 nitrogen and oxygen atoms in total. The average Bonchev–Trinajstić information content (AvgIpc) is 3.08. The van der Waals surface area contributed by atoms with Gasteiger partial charge in [-0.3, -0.25) is 14.3 Å². The predicted molar refractivity (Wildman–Crippen MR) is 96.7 cm³/mol. The molecule has 1 aromatic carbocycles. The lowest BCUT2D eigenvalue weighted by atomic mass is 10.2. The van der Waals surface area contributed by atoms with Gasteiger partial charge in [-0.1, -0.05) is 6.58 Å². The highest BCUT2D eigenvalue weighted by molar-refractivity contribution is 6.04. The van der Waals surface area contributed by atoms with E-state index in [2.05, 4.69) is 17.0 Å². The molecule has 0 saturated carbocycles. The minimum absolute atomic E-state index is 0.212. The van der Waals surface area contributed by atoms with E-state index in [1.165, 1.54) is 11.0 Å². The van der Waals surface area contributed by atoms with Crippen LogP contribution in [0, 0.1) is 0 Å². The van der Waals surface area contributed by atoms with E-state index < -0.39 is 0 Å². The number of nitrogens with zero attached hydrogens (tertiary/aromatic N) is 3. The zero-order valence-corrected chi connectivity index (χ0v) is 14.4. The van der Waals surface area contributed by atoms with Gasteiger partial charge in [-0.25, -0.2) is 0 Å². The van der Waals surface area contributed by atoms with Gasteiger partial charge >= 0.3 is 0 Å². The minimum atomic E-state index is -0.258. The van der Waals surface area contributed by atoms with Gasteiger partial charge in [-0.2, -0.15) is 5.10 Å². The molecule has 1 N–H and O–H groups in total. The zero-order chi connectivity index (χ0) is 18.2. The fourth-order valence-electron chi connectivity index (χ4n) is 2.21. The van der Waals surface area contributed by atoms with Crippen molar-refractivity contribution >= 4 is 23.3 Å². The van der Waals surface area contributed by atoms with Gasteiger partial charge in [0.15, 0.2) is 5.82 Å². The van der Waals surface area contributed by atoms with Crippen molar-refractivity contribution < 1.29 is 14.3 Å². The second kappa shape index (κ2) is 8.79. The van der Waals surface area contributed by atoms with Crippen LogP contribution in [-0.4, -0.2) is 42.4 Å². The van der Waals surface area contributed by atoms with E-state index in [-0.39, 0.29) is 11.8 Å². The molecular formula is C18H22N4O3. The smallest absolute Gasteiger partial charge is 0.256 e. The van der Waals surface area contributed by atoms with Gasteiger partial charge in [-0.05, 0) is 36.8 Å². The second-order valence-electron chi connectivity index (χ2n) is 5.41. The highest BCUT2D eigenvalue weighted by Crippen LogP contribution is 2.15. The summed E-state index contributed by atoms with van der Waals surface area (Å²) < 4.78 is 6.76. The van der Waals surface area contributed by atoms with Crippen LogP contribution in [0.4, 0.5) is 11.5 Å². The van der Waals surface area contributed by atoms with E-state index in [1.807, 2.05) is 6.20 Å². The lowest BCUT2D eigenvalue weighted by Gasteiger charge is -2.15. The standard InChI is InChI=1S/C18H22N4O3/c1-4-17(23)21(2)15-8-6-14(7-9-15)18(24)19-16-10-12-22(20-16)11-5-13-25-3/h4,6-10,12H,1,5,11,13H2,2-3H3,(H,19,20,24). The number of aromatic nitrogens is 2. The number of likely N-dealkylation sites (N-methyl/N-ethyl adjacent to an activating group) is 1. The fraction of sp³-hybridized carbons (Fsp3) is 0.278. The van der Waals surface area contributed by atoms with E-state index in [4.69, 9.17) is 4.74 Å². The first-order valence-electron chi connectivity index (χ1n) is 7.89. The molecule has 1 aromatic heterocycles. The van der Waals surface area contributed by atoms with E-state index in [0.717, 1.165) is 13.0 Å². The SMILES string of the molecule is C=CC(=O)N(C)c1ccc(C(=O)Nc2ccn(CCCOC)n2)cc1. The number of ether oxygens (including phenoxy) is 1. The van der Waals surface area contributed by atoms with Gasteiger partial charge in [0, 0.05) is 50.8 Å². The second-order valence-corrected chi connectivity index (χ2v) is 5.41. The molecule has 0 radical (unpaired) electrons. The van der Waals surface area contributed by atoms with Crippen LogP contribution in [0.15, 0.2) is 49.2 Å². The number of hydrogen-bond donors (Lipinski definition) is 1. The molecule has 1 heterocycles.